The predicted octanol–water partition coefficient (Wildman–Crippen LogP) is 2.21. The fourth-order valence-corrected chi connectivity index (χ4v) is 3.32. The number of hydrogen-bond donors (Lipinski definition) is 1. The first-order valence-electron chi connectivity index (χ1n) is 7.93. The van der Waals surface area contributed by atoms with Gasteiger partial charge in [0.25, 0.3) is 0 Å². The molecule has 0 spiro atoms. The third-order valence-corrected chi connectivity index (χ3v) is 4.62. The molecule has 1 aromatic carbocycles. The number of benzene rings is 1. The highest BCUT2D eigenvalue weighted by Gasteiger charge is 2.33. The summed E-state index contributed by atoms with van der Waals surface area (Å²) in [5.74, 6) is 1.12. The summed E-state index contributed by atoms with van der Waals surface area (Å²) in [6.07, 6.45) is 3.45. The first-order chi connectivity index (χ1) is 11.2. The van der Waals surface area contributed by atoms with Gasteiger partial charge in [-0.25, -0.2) is 9.78 Å². The van der Waals surface area contributed by atoms with Gasteiger partial charge in [0.05, 0.1) is 7.11 Å². The second-order valence-electron chi connectivity index (χ2n) is 5.96. The lowest BCUT2D eigenvalue weighted by Gasteiger charge is -2.36. The van der Waals surface area contributed by atoms with Crippen LogP contribution in [-0.2, 0) is 9.53 Å². The Labute approximate surface area is 135 Å². The molecular weight excluding hydrogens is 292 g/mol. The highest BCUT2D eigenvalue weighted by molar-refractivity contribution is 5.78. The standard InChI is InChI=1S/C17H22N4O2/c1-12-5-3-4-6-14(12)15(17(22)23-2)21-9-7-13(8-10-21)16-18-11-19-20-16/h3-6,11,13,15H,7-10H2,1-2H3,(H,18,19,20). The van der Waals surface area contributed by atoms with E-state index in [0.29, 0.717) is 5.92 Å². The van der Waals surface area contributed by atoms with Crippen LogP contribution < -0.4 is 0 Å². The van der Waals surface area contributed by atoms with Gasteiger partial charge in [-0.2, -0.15) is 5.10 Å². The first kappa shape index (κ1) is 15.7. The summed E-state index contributed by atoms with van der Waals surface area (Å²) in [5.41, 5.74) is 2.14. The minimum Gasteiger partial charge on any atom is -0.468 e. The molecule has 0 aliphatic carbocycles. The van der Waals surface area contributed by atoms with Gasteiger partial charge < -0.3 is 4.74 Å². The van der Waals surface area contributed by atoms with E-state index in [1.807, 2.05) is 31.2 Å². The van der Waals surface area contributed by atoms with Crippen LogP contribution in [0.2, 0.25) is 0 Å². The van der Waals surface area contributed by atoms with Crippen LogP contribution in [0.3, 0.4) is 0 Å². The predicted molar refractivity (Wildman–Crippen MR) is 85.9 cm³/mol. The van der Waals surface area contributed by atoms with E-state index in [2.05, 4.69) is 20.1 Å². The van der Waals surface area contributed by atoms with Crippen molar-refractivity contribution >= 4 is 5.97 Å². The molecule has 1 fully saturated rings. The van der Waals surface area contributed by atoms with Crippen LogP contribution in [-0.4, -0.2) is 46.2 Å². The van der Waals surface area contributed by atoms with Crippen molar-refractivity contribution in [1.82, 2.24) is 20.1 Å². The molecule has 1 aliphatic heterocycles. The van der Waals surface area contributed by atoms with Gasteiger partial charge >= 0.3 is 5.97 Å². The number of aryl methyl sites for hydroxylation is 1. The Morgan fingerprint density at radius 3 is 2.70 bits per heavy atom. The van der Waals surface area contributed by atoms with Crippen LogP contribution >= 0.6 is 0 Å². The fourth-order valence-electron chi connectivity index (χ4n) is 3.32. The number of piperidine rings is 1. The first-order valence-corrected chi connectivity index (χ1v) is 7.93. The fraction of sp³-hybridized carbons (Fsp3) is 0.471. The molecule has 6 heteroatoms. The Hall–Kier alpha value is -2.21. The van der Waals surface area contributed by atoms with Gasteiger partial charge in [0, 0.05) is 5.92 Å². The molecule has 1 aliphatic rings. The summed E-state index contributed by atoms with van der Waals surface area (Å²) in [4.78, 5) is 18.8. The molecule has 2 heterocycles. The lowest BCUT2D eigenvalue weighted by molar-refractivity contribution is -0.147. The maximum atomic E-state index is 12.4. The van der Waals surface area contributed by atoms with Crippen LogP contribution in [0.4, 0.5) is 0 Å². The maximum absolute atomic E-state index is 12.4. The molecule has 122 valence electrons. The number of esters is 1. The molecule has 0 saturated carbocycles. The number of nitrogens with one attached hydrogen (secondary N) is 1. The number of carbonyl (C=O) groups excluding carboxylic acids is 1. The second kappa shape index (κ2) is 6.91. The number of methoxy groups -OCH3 is 1. The molecule has 1 unspecified atom stereocenters. The molecule has 1 atom stereocenters. The van der Waals surface area contributed by atoms with Gasteiger partial charge in [-0.15, -0.1) is 0 Å². The summed E-state index contributed by atoms with van der Waals surface area (Å²) in [5, 5.41) is 6.88. The smallest absolute Gasteiger partial charge is 0.327 e. The number of carbonyl (C=O) groups is 1. The molecule has 0 amide bonds. The quantitative estimate of drug-likeness (QED) is 0.876. The molecule has 3 rings (SSSR count). The Morgan fingerprint density at radius 2 is 2.09 bits per heavy atom. The molecule has 2 aromatic rings. The highest BCUT2D eigenvalue weighted by Crippen LogP contribution is 2.32. The van der Waals surface area contributed by atoms with Gasteiger partial charge in [0.1, 0.15) is 18.2 Å². The maximum Gasteiger partial charge on any atom is 0.327 e. The molecule has 0 radical (unpaired) electrons. The third-order valence-electron chi connectivity index (χ3n) is 4.62. The number of ether oxygens (including phenoxy) is 1. The number of likely N-dealkylation sites (tertiary alicyclic amines) is 1. The van der Waals surface area contributed by atoms with Crippen molar-refractivity contribution in [1.29, 1.82) is 0 Å². The average Bonchev–Trinajstić information content (AvgIpc) is 3.12. The van der Waals surface area contributed by atoms with Crippen molar-refractivity contribution in [2.75, 3.05) is 20.2 Å². The molecule has 23 heavy (non-hydrogen) atoms. The van der Waals surface area contributed by atoms with Crippen molar-refractivity contribution < 1.29 is 9.53 Å². The Bertz CT molecular complexity index is 648. The van der Waals surface area contributed by atoms with Crippen LogP contribution in [0.25, 0.3) is 0 Å². The van der Waals surface area contributed by atoms with E-state index in [1.54, 1.807) is 6.33 Å². The zero-order valence-electron chi connectivity index (χ0n) is 13.5. The summed E-state index contributed by atoms with van der Waals surface area (Å²) >= 11 is 0. The van der Waals surface area contributed by atoms with E-state index >= 15 is 0 Å². The molecule has 1 aromatic heterocycles. The zero-order chi connectivity index (χ0) is 16.2. The largest absolute Gasteiger partial charge is 0.468 e. The van der Waals surface area contributed by atoms with Crippen molar-refractivity contribution in [3.05, 3.63) is 47.5 Å². The SMILES string of the molecule is COC(=O)C(c1ccccc1C)N1CCC(c2ncn[nH]2)CC1. The summed E-state index contributed by atoms with van der Waals surface area (Å²) in [6, 6.07) is 7.67. The Morgan fingerprint density at radius 1 is 1.35 bits per heavy atom. The van der Waals surface area contributed by atoms with Crippen molar-refractivity contribution in [2.24, 2.45) is 0 Å². The van der Waals surface area contributed by atoms with E-state index in [-0.39, 0.29) is 12.0 Å². The number of H-pyrrole nitrogens is 1. The topological polar surface area (TPSA) is 71.1 Å². The minimum absolute atomic E-state index is 0.197. The normalized spacial score (nSPS) is 17.8. The zero-order valence-corrected chi connectivity index (χ0v) is 13.5. The lowest BCUT2D eigenvalue weighted by atomic mass is 9.92. The lowest BCUT2D eigenvalue weighted by Crippen LogP contribution is -2.40. The molecular formula is C17H22N4O2. The number of aromatic nitrogens is 3. The van der Waals surface area contributed by atoms with Crippen molar-refractivity contribution in [2.45, 2.75) is 31.7 Å². The summed E-state index contributed by atoms with van der Waals surface area (Å²) in [7, 11) is 1.45. The molecule has 6 nitrogen and oxygen atoms in total. The average molecular weight is 314 g/mol. The van der Waals surface area contributed by atoms with Gasteiger partial charge in [-0.1, -0.05) is 24.3 Å². The molecule has 0 bridgehead atoms. The van der Waals surface area contributed by atoms with E-state index < -0.39 is 0 Å². The number of aromatic amines is 1. The minimum atomic E-state index is -0.336. The van der Waals surface area contributed by atoms with E-state index in [4.69, 9.17) is 4.74 Å². The van der Waals surface area contributed by atoms with Gasteiger partial charge in [0.2, 0.25) is 0 Å². The number of rotatable bonds is 4. The second-order valence-corrected chi connectivity index (χ2v) is 5.96. The van der Waals surface area contributed by atoms with E-state index in [1.165, 1.54) is 7.11 Å². The number of hydrogen-bond acceptors (Lipinski definition) is 5. The van der Waals surface area contributed by atoms with Crippen LogP contribution in [0.1, 0.15) is 41.8 Å². The van der Waals surface area contributed by atoms with E-state index in [9.17, 15) is 4.79 Å². The molecule has 1 saturated heterocycles. The van der Waals surface area contributed by atoms with Gasteiger partial charge in [-0.3, -0.25) is 10.00 Å². The van der Waals surface area contributed by atoms with Gasteiger partial charge in [0.15, 0.2) is 0 Å². The number of nitrogens with zero attached hydrogens (tertiary/aromatic N) is 3. The van der Waals surface area contributed by atoms with Crippen LogP contribution in [0.15, 0.2) is 30.6 Å². The van der Waals surface area contributed by atoms with Crippen molar-refractivity contribution in [3.63, 3.8) is 0 Å². The monoisotopic (exact) mass is 314 g/mol. The van der Waals surface area contributed by atoms with E-state index in [0.717, 1.165) is 42.9 Å². The summed E-state index contributed by atoms with van der Waals surface area (Å²) in [6.45, 7) is 3.70. The Balaban J connectivity index is 1.77. The Kier molecular flexibility index (Phi) is 4.71. The third kappa shape index (κ3) is 3.27. The van der Waals surface area contributed by atoms with Crippen molar-refractivity contribution in [3.8, 4) is 0 Å². The van der Waals surface area contributed by atoms with Crippen LogP contribution in [0, 0.1) is 6.92 Å². The highest BCUT2D eigenvalue weighted by atomic mass is 16.5. The van der Waals surface area contributed by atoms with Crippen LogP contribution in [0.5, 0.6) is 0 Å². The molecule has 1 N–H and O–H groups in total. The van der Waals surface area contributed by atoms with Gasteiger partial charge in [-0.05, 0) is 44.0 Å². The summed E-state index contributed by atoms with van der Waals surface area (Å²) < 4.78 is 5.06.